The lowest BCUT2D eigenvalue weighted by Crippen LogP contribution is -2.54. The molecule has 5 amide bonds. The van der Waals surface area contributed by atoms with Gasteiger partial charge in [0, 0.05) is 66.0 Å². The van der Waals surface area contributed by atoms with Crippen molar-refractivity contribution in [3.63, 3.8) is 0 Å². The van der Waals surface area contributed by atoms with Crippen LogP contribution in [0.2, 0.25) is 10.0 Å². The predicted molar refractivity (Wildman–Crippen MR) is 225 cm³/mol. The first-order valence-corrected chi connectivity index (χ1v) is 20.5. The summed E-state index contributed by atoms with van der Waals surface area (Å²) in [5, 5.41) is 3.57. The number of benzene rings is 4. The molecule has 0 aliphatic carbocycles. The van der Waals surface area contributed by atoms with E-state index < -0.39 is 24.0 Å². The second-order valence-corrected chi connectivity index (χ2v) is 17.0. The maximum atomic E-state index is 15.3. The van der Waals surface area contributed by atoms with Crippen molar-refractivity contribution in [1.29, 1.82) is 0 Å². The fourth-order valence-electron chi connectivity index (χ4n) is 8.46. The molecule has 4 aromatic rings. The van der Waals surface area contributed by atoms with Gasteiger partial charge in [-0.25, -0.2) is 4.79 Å². The summed E-state index contributed by atoms with van der Waals surface area (Å²) >= 11 is 12.8. The van der Waals surface area contributed by atoms with E-state index in [1.807, 2.05) is 83.5 Å². The zero-order chi connectivity index (χ0) is 40.9. The van der Waals surface area contributed by atoms with Gasteiger partial charge in [-0.1, -0.05) is 80.4 Å². The molecule has 3 atom stereocenters. The lowest BCUT2D eigenvalue weighted by Gasteiger charge is -2.40. The Morgan fingerprint density at radius 2 is 1.53 bits per heavy atom. The number of rotatable bonds is 7. The molecule has 8 rings (SSSR count). The highest BCUT2D eigenvalue weighted by atomic mass is 35.5. The number of piperazine rings is 1. The molecule has 0 radical (unpaired) electrons. The summed E-state index contributed by atoms with van der Waals surface area (Å²) in [7, 11) is 0. The van der Waals surface area contributed by atoms with E-state index in [1.165, 1.54) is 0 Å². The molecule has 4 aromatic carbocycles. The monoisotopic (exact) mass is 820 g/mol. The molecule has 58 heavy (non-hydrogen) atoms. The average molecular weight is 822 g/mol. The van der Waals surface area contributed by atoms with Crippen LogP contribution < -0.4 is 15.0 Å². The maximum Gasteiger partial charge on any atom is 0.326 e. The number of urea groups is 1. The Bertz CT molecular complexity index is 2300. The number of imide groups is 1. The number of hydrogen-bond donors (Lipinski definition) is 1. The van der Waals surface area contributed by atoms with Crippen molar-refractivity contribution >= 4 is 58.5 Å². The molecular weight excluding hydrogens is 775 g/mol. The van der Waals surface area contributed by atoms with E-state index in [2.05, 4.69) is 43.1 Å². The van der Waals surface area contributed by atoms with E-state index in [0.717, 1.165) is 33.5 Å². The SMILES string of the molecule is CCOc1cc(C(C)(C)C)ccc1C1=NC(c2ccc(Cl)cc2)C(c2ccc(Cl)cc2)N1C(=O)N1CCN(c2cccc3c2CN(C2CCC(=O)NC2=O)C3=O)CC1. The van der Waals surface area contributed by atoms with Crippen molar-refractivity contribution in [1.82, 2.24) is 20.0 Å². The molecular formula is C45H46Cl2N6O5. The fraction of sp³-hybridized carbons (Fsp3) is 0.356. The third kappa shape index (κ3) is 7.41. The van der Waals surface area contributed by atoms with Crippen LogP contribution in [0.15, 0.2) is 89.9 Å². The van der Waals surface area contributed by atoms with E-state index in [9.17, 15) is 14.4 Å². The molecule has 300 valence electrons. The first kappa shape index (κ1) is 39.4. The number of hydrogen-bond acceptors (Lipinski definition) is 7. The third-order valence-electron chi connectivity index (χ3n) is 11.5. The molecule has 2 fully saturated rings. The Morgan fingerprint density at radius 1 is 0.862 bits per heavy atom. The number of aliphatic imine (C=N–C) groups is 1. The summed E-state index contributed by atoms with van der Waals surface area (Å²) in [5.74, 6) is 0.195. The third-order valence-corrected chi connectivity index (χ3v) is 12.0. The highest BCUT2D eigenvalue weighted by Gasteiger charge is 2.46. The zero-order valence-electron chi connectivity index (χ0n) is 33.0. The van der Waals surface area contributed by atoms with E-state index in [-0.39, 0.29) is 36.2 Å². The van der Waals surface area contributed by atoms with Gasteiger partial charge >= 0.3 is 6.03 Å². The Balaban J connectivity index is 1.12. The number of piperidine rings is 1. The Morgan fingerprint density at radius 3 is 2.17 bits per heavy atom. The number of fused-ring (bicyclic) bond motifs is 1. The number of amidine groups is 1. The average Bonchev–Trinajstić information content (AvgIpc) is 3.76. The number of ether oxygens (including phenoxy) is 1. The summed E-state index contributed by atoms with van der Waals surface area (Å²) in [5.41, 5.74) is 5.78. The number of amides is 5. The summed E-state index contributed by atoms with van der Waals surface area (Å²) in [4.78, 5) is 66.3. The molecule has 4 aliphatic rings. The largest absolute Gasteiger partial charge is 0.493 e. The first-order chi connectivity index (χ1) is 27.8. The molecule has 0 saturated carbocycles. The van der Waals surface area contributed by atoms with Crippen molar-refractivity contribution < 1.29 is 23.9 Å². The van der Waals surface area contributed by atoms with Crippen LogP contribution in [0.25, 0.3) is 0 Å². The minimum atomic E-state index is -0.700. The molecule has 0 bridgehead atoms. The number of nitrogens with one attached hydrogen (secondary N) is 1. The van der Waals surface area contributed by atoms with Gasteiger partial charge in [0.15, 0.2) is 0 Å². The number of carbonyl (C=O) groups excluding carboxylic acids is 4. The van der Waals surface area contributed by atoms with Gasteiger partial charge in [-0.05, 0) is 84.0 Å². The first-order valence-electron chi connectivity index (χ1n) is 19.8. The molecule has 4 heterocycles. The summed E-state index contributed by atoms with van der Waals surface area (Å²) in [6, 6.07) is 25.1. The van der Waals surface area contributed by atoms with Crippen LogP contribution in [0.3, 0.4) is 0 Å². The molecule has 4 aliphatic heterocycles. The van der Waals surface area contributed by atoms with E-state index in [1.54, 1.807) is 11.0 Å². The highest BCUT2D eigenvalue weighted by Crippen LogP contribution is 2.46. The van der Waals surface area contributed by atoms with Gasteiger partial charge in [0.2, 0.25) is 11.8 Å². The molecule has 13 heteroatoms. The van der Waals surface area contributed by atoms with Crippen molar-refractivity contribution in [2.45, 2.75) is 70.6 Å². The zero-order valence-corrected chi connectivity index (χ0v) is 34.5. The molecule has 0 spiro atoms. The molecule has 11 nitrogen and oxygen atoms in total. The molecule has 0 aromatic heterocycles. The number of nitrogens with zero attached hydrogens (tertiary/aromatic N) is 5. The summed E-state index contributed by atoms with van der Waals surface area (Å²) in [6.45, 7) is 11.0. The number of halogens is 2. The van der Waals surface area contributed by atoms with Gasteiger partial charge in [-0.3, -0.25) is 29.6 Å². The minimum Gasteiger partial charge on any atom is -0.493 e. The van der Waals surface area contributed by atoms with Crippen molar-refractivity contribution in [3.8, 4) is 5.75 Å². The Hall–Kier alpha value is -5.39. The van der Waals surface area contributed by atoms with Gasteiger partial charge in [-0.2, -0.15) is 0 Å². The standard InChI is InChI=1S/C45H46Cl2N6O5/c1-5-58-37-25-29(45(2,3)4)13-18-33(37)41-49-39(27-9-14-30(46)15-10-27)40(28-11-16-31(47)17-12-28)53(41)44(57)51-23-21-50(22-24-51)35-8-6-7-32-34(35)26-52(43(32)56)36-19-20-38(54)48-42(36)55/h6-18,25,36,39-40H,5,19-24,26H2,1-4H3,(H,48,54,55). The van der Waals surface area contributed by atoms with E-state index in [4.69, 9.17) is 32.9 Å². The number of carbonyl (C=O) groups is 4. The topological polar surface area (TPSA) is 115 Å². The fourth-order valence-corrected chi connectivity index (χ4v) is 8.71. The van der Waals surface area contributed by atoms with E-state index >= 15 is 4.79 Å². The van der Waals surface area contributed by atoms with Crippen LogP contribution in [-0.2, 0) is 21.5 Å². The summed E-state index contributed by atoms with van der Waals surface area (Å²) in [6.07, 6.45) is 0.488. The minimum absolute atomic E-state index is 0.135. The lowest BCUT2D eigenvalue weighted by atomic mass is 9.86. The predicted octanol–water partition coefficient (Wildman–Crippen LogP) is 7.94. The van der Waals surface area contributed by atoms with Crippen LogP contribution >= 0.6 is 23.2 Å². The molecule has 1 N–H and O–H groups in total. The van der Waals surface area contributed by atoms with E-state index in [0.29, 0.717) is 66.4 Å². The molecule has 2 saturated heterocycles. The Labute approximate surface area is 348 Å². The molecule has 3 unspecified atom stereocenters. The van der Waals surface area contributed by atoms with Crippen LogP contribution in [0.1, 0.15) is 90.8 Å². The van der Waals surface area contributed by atoms with Gasteiger partial charge in [-0.15, -0.1) is 0 Å². The normalized spacial score (nSPS) is 21.0. The van der Waals surface area contributed by atoms with Crippen molar-refractivity contribution in [2.75, 3.05) is 37.7 Å². The van der Waals surface area contributed by atoms with Crippen LogP contribution in [-0.4, -0.2) is 83.1 Å². The van der Waals surface area contributed by atoms with Gasteiger partial charge < -0.3 is 19.4 Å². The van der Waals surface area contributed by atoms with Crippen LogP contribution in [0, 0.1) is 0 Å². The van der Waals surface area contributed by atoms with Gasteiger partial charge in [0.1, 0.15) is 23.7 Å². The smallest absolute Gasteiger partial charge is 0.326 e. The van der Waals surface area contributed by atoms with Crippen LogP contribution in [0.5, 0.6) is 5.75 Å². The number of anilines is 1. The van der Waals surface area contributed by atoms with Gasteiger partial charge in [0.05, 0.1) is 18.2 Å². The van der Waals surface area contributed by atoms with Gasteiger partial charge in [0.25, 0.3) is 5.91 Å². The highest BCUT2D eigenvalue weighted by molar-refractivity contribution is 6.30. The second-order valence-electron chi connectivity index (χ2n) is 16.2. The second kappa shape index (κ2) is 15.8. The van der Waals surface area contributed by atoms with Crippen LogP contribution in [0.4, 0.5) is 10.5 Å². The lowest BCUT2D eigenvalue weighted by molar-refractivity contribution is -0.136. The summed E-state index contributed by atoms with van der Waals surface area (Å²) < 4.78 is 6.30. The van der Waals surface area contributed by atoms with Crippen molar-refractivity contribution in [2.24, 2.45) is 4.99 Å². The quantitative estimate of drug-likeness (QED) is 0.190. The van der Waals surface area contributed by atoms with Crippen molar-refractivity contribution in [3.05, 3.63) is 128 Å². The maximum absolute atomic E-state index is 15.3. The Kier molecular flexibility index (Phi) is 10.7.